The van der Waals surface area contributed by atoms with Crippen molar-refractivity contribution in [2.24, 2.45) is 20.5 Å². The van der Waals surface area contributed by atoms with Crippen LogP contribution >= 0.6 is 0 Å². The van der Waals surface area contributed by atoms with E-state index in [-0.39, 0.29) is 196 Å². The van der Waals surface area contributed by atoms with Gasteiger partial charge in [0.2, 0.25) is 32.7 Å². The number of hydrogen-bond donors (Lipinski definition) is 7. The molecule has 405 valence electrons. The SMILES string of the molecule is O=S(=O)([O-])O.O=S(=O)([O-])O.O=S(=O)=O.[CH2-]CS(=O)(=O)c1ccc(Nc2nc(F)nc(Nc3ccc(S(=O)(=O)[O-])c(N=Nc4c(NC)ccc5c(O)c(N=Nc6ccc(S(=O)(=O)C[CH2-])cc6O)[c-]cc45)c3)n2)cc1.[Cu].[Na+].[Na+].[Na+].[Na+]. The van der Waals surface area contributed by atoms with Crippen molar-refractivity contribution in [2.45, 2.75) is 14.7 Å². The first-order valence-corrected chi connectivity index (χ1v) is 27.0. The van der Waals surface area contributed by atoms with Crippen LogP contribution in [0.1, 0.15) is 0 Å². The minimum Gasteiger partial charge on any atom is -0.744 e. The predicted octanol–water partition coefficient (Wildman–Crippen LogP) is -8.13. The van der Waals surface area contributed by atoms with Crippen molar-refractivity contribution < 1.29 is 227 Å². The Balaban J connectivity index is -0.00000264. The van der Waals surface area contributed by atoms with Crippen molar-refractivity contribution in [3.63, 3.8) is 0 Å². The average molecular weight is 1290 g/mol. The van der Waals surface area contributed by atoms with Crippen LogP contribution in [0.15, 0.2) is 114 Å². The van der Waals surface area contributed by atoms with Gasteiger partial charge in [0.25, 0.3) is 0 Å². The van der Waals surface area contributed by atoms with Gasteiger partial charge in [-0.1, -0.05) is 28.3 Å². The molecule has 0 saturated heterocycles. The van der Waals surface area contributed by atoms with E-state index >= 15 is 0 Å². The number of fused-ring (bicyclic) bond motifs is 1. The van der Waals surface area contributed by atoms with Gasteiger partial charge >= 0.3 is 135 Å². The van der Waals surface area contributed by atoms with E-state index < -0.39 is 95.1 Å². The van der Waals surface area contributed by atoms with E-state index in [9.17, 15) is 44.4 Å². The first kappa shape index (κ1) is 79.4. The molecule has 0 amide bonds. The van der Waals surface area contributed by atoms with Gasteiger partial charge in [0.15, 0.2) is 19.7 Å². The van der Waals surface area contributed by atoms with Crippen LogP contribution in [0.25, 0.3) is 10.8 Å². The fourth-order valence-electron chi connectivity index (χ4n) is 5.26. The number of benzene rings is 5. The number of halogens is 1. The molecule has 5 aromatic carbocycles. The zero-order valence-electron chi connectivity index (χ0n) is 40.4. The third-order valence-electron chi connectivity index (χ3n) is 8.24. The predicted molar refractivity (Wildman–Crippen MR) is 247 cm³/mol. The maximum atomic E-state index is 14.5. The van der Waals surface area contributed by atoms with Gasteiger partial charge in [-0.2, -0.15) is 46.8 Å². The second-order valence-electron chi connectivity index (χ2n) is 13.1. The number of anilines is 5. The molecule has 0 fully saturated rings. The Kier molecular flexibility index (Phi) is 35.2. The van der Waals surface area contributed by atoms with Gasteiger partial charge in [0, 0.05) is 58.7 Å². The molecule has 1 aromatic heterocycles. The largest absolute Gasteiger partial charge is 1.00 e. The summed E-state index contributed by atoms with van der Waals surface area (Å²) in [5.74, 6) is -2.31. The Bertz CT molecular complexity index is 3760. The van der Waals surface area contributed by atoms with Gasteiger partial charge in [0.05, 0.1) is 20.4 Å². The van der Waals surface area contributed by atoms with E-state index in [2.05, 4.69) is 71.3 Å². The molecular weight excluding hydrogens is 1260 g/mol. The van der Waals surface area contributed by atoms with E-state index in [1.54, 1.807) is 7.05 Å². The van der Waals surface area contributed by atoms with Crippen molar-refractivity contribution in [2.75, 3.05) is 34.5 Å². The van der Waals surface area contributed by atoms with Crippen LogP contribution in [0.3, 0.4) is 0 Å². The summed E-state index contributed by atoms with van der Waals surface area (Å²) >= 11 is 0. The molecule has 0 saturated carbocycles. The average Bonchev–Trinajstić information content (AvgIpc) is 3.26. The molecule has 7 N–H and O–H groups in total. The van der Waals surface area contributed by atoms with Gasteiger partial charge < -0.3 is 53.7 Å². The van der Waals surface area contributed by atoms with Crippen LogP contribution in [0, 0.1) is 26.0 Å². The van der Waals surface area contributed by atoms with Crippen molar-refractivity contribution in [1.29, 1.82) is 0 Å². The third-order valence-corrected chi connectivity index (χ3v) is 12.2. The second kappa shape index (κ2) is 34.6. The molecule has 0 spiro atoms. The summed E-state index contributed by atoms with van der Waals surface area (Å²) in [5, 5.41) is 46.3. The van der Waals surface area contributed by atoms with Crippen molar-refractivity contribution >= 4 is 124 Å². The second-order valence-corrected chi connectivity index (χ2v) is 20.8. The number of azo groups is 2. The number of rotatable bonds is 14. The number of aromatic nitrogens is 3. The summed E-state index contributed by atoms with van der Waals surface area (Å²) < 4.78 is 191. The molecule has 0 aliphatic heterocycles. The molecule has 78 heavy (non-hydrogen) atoms. The molecular formula is C36H31CuFN10Na4O20S6-2. The molecule has 6 rings (SSSR count). The summed E-state index contributed by atoms with van der Waals surface area (Å²) in [6, 6.07) is 19.3. The van der Waals surface area contributed by atoms with Crippen molar-refractivity contribution in [1.82, 2.24) is 15.0 Å². The number of sulfone groups is 2. The summed E-state index contributed by atoms with van der Waals surface area (Å²) in [5.41, 5.74) is 0.0596. The van der Waals surface area contributed by atoms with E-state index in [1.165, 1.54) is 60.7 Å². The van der Waals surface area contributed by atoms with Gasteiger partial charge in [-0.25, -0.2) is 42.1 Å². The monoisotopic (exact) mass is 1290 g/mol. The van der Waals surface area contributed by atoms with Crippen LogP contribution in [-0.2, 0) is 78.3 Å². The zero-order chi connectivity index (χ0) is 55.3. The van der Waals surface area contributed by atoms with Gasteiger partial charge in [0.1, 0.15) is 27.2 Å². The Morgan fingerprint density at radius 1 is 0.641 bits per heavy atom. The summed E-state index contributed by atoms with van der Waals surface area (Å²) in [6.45, 7) is 6.76. The smallest absolute Gasteiger partial charge is 0.744 e. The Hall–Kier alpha value is -2.81. The van der Waals surface area contributed by atoms with Gasteiger partial charge in [-0.3, -0.25) is 9.11 Å². The fraction of sp³-hybridized carbons (Fsp3) is 0.0833. The maximum Gasteiger partial charge on any atom is 1.00 e. The number of hydrogen-bond acceptors (Lipinski definition) is 28. The summed E-state index contributed by atoms with van der Waals surface area (Å²) in [7, 11) is -23.8. The maximum absolute atomic E-state index is 14.5. The molecule has 0 atom stereocenters. The van der Waals surface area contributed by atoms with Crippen LogP contribution in [0.4, 0.5) is 56.1 Å². The van der Waals surface area contributed by atoms with E-state index in [4.69, 9.17) is 47.7 Å². The summed E-state index contributed by atoms with van der Waals surface area (Å²) in [4.78, 5) is 10.4. The molecule has 1 radical (unpaired) electrons. The number of phenolic OH excluding ortho intramolecular Hbond substituents is 2. The fourth-order valence-corrected chi connectivity index (χ4v) is 7.44. The first-order chi connectivity index (χ1) is 33.6. The molecule has 42 heteroatoms. The van der Waals surface area contributed by atoms with Crippen LogP contribution in [0.5, 0.6) is 11.5 Å². The zero-order valence-corrected chi connectivity index (χ0v) is 54.3. The number of phenols is 2. The molecule has 0 unspecified atom stereocenters. The minimum absolute atomic E-state index is 0. The normalized spacial score (nSPS) is 11.1. The van der Waals surface area contributed by atoms with Crippen LogP contribution in [0.2, 0.25) is 0 Å². The van der Waals surface area contributed by atoms with E-state index in [0.717, 1.165) is 18.2 Å². The third kappa shape index (κ3) is 26.8. The molecule has 30 nitrogen and oxygen atoms in total. The van der Waals surface area contributed by atoms with Crippen molar-refractivity contribution in [3.8, 4) is 11.5 Å². The summed E-state index contributed by atoms with van der Waals surface area (Å²) in [6.07, 6.45) is -1.21. The molecule has 1 heterocycles. The van der Waals surface area contributed by atoms with Crippen LogP contribution in [-0.4, -0.2) is 121 Å². The molecule has 0 aliphatic rings. The molecule has 6 aromatic rings. The first-order valence-electron chi connectivity index (χ1n) is 18.5. The standard InChI is InChI=1S/C36H30FN10O9S3.Cu.4Na.2H2O4S.O3S/c1-4-57(50,51)22-9-6-20(7-10-22)39-35-41-34(37)42-36(43-35)40-21-8-17-31(59(54,55)56)29(18-21)46-47-32-24-12-16-28(33(49)25(24)13-15-27(32)38-3)45-44-26-14-11-23(19-30(26)48)58(52,53)5-2;;;;;;2*1-5(2,3)4;1-4(2)3/h6-15,17-19,38,48-49H,1-2,4-5H2,3H3,(H,54,55,56)(H2,39,40,41,42,43);;;;;;2*(H2,1,2,3,4);/q-3;;4*+1;;;/p-3. The number of aromatic hydroxyl groups is 2. The minimum atomic E-state index is -5.12. The van der Waals surface area contributed by atoms with E-state index in [0.29, 0.717) is 11.4 Å². The Labute approximate surface area is 544 Å². The molecule has 0 aliphatic carbocycles. The quantitative estimate of drug-likeness (QED) is 0.0175. The van der Waals surface area contributed by atoms with Crippen molar-refractivity contribution in [3.05, 3.63) is 105 Å². The van der Waals surface area contributed by atoms with Gasteiger partial charge in [-0.05, 0) is 60.7 Å². The van der Waals surface area contributed by atoms with Crippen LogP contribution < -0.4 is 134 Å². The van der Waals surface area contributed by atoms with E-state index in [1.807, 2.05) is 0 Å². The Morgan fingerprint density at radius 2 is 1.10 bits per heavy atom. The Morgan fingerprint density at radius 3 is 1.58 bits per heavy atom. The number of nitrogens with zero attached hydrogens (tertiary/aromatic N) is 7. The molecule has 0 bridgehead atoms. The number of nitrogens with one attached hydrogen (secondary N) is 3. The van der Waals surface area contributed by atoms with Gasteiger partial charge in [-0.15, -0.1) is 17.7 Å². The topological polar surface area (TPSA) is 496 Å².